The van der Waals surface area contributed by atoms with E-state index in [2.05, 4.69) is 36.2 Å². The van der Waals surface area contributed by atoms with E-state index >= 15 is 0 Å². The molecule has 1 unspecified atom stereocenters. The molecule has 2 aromatic carbocycles. The Morgan fingerprint density at radius 3 is 2.32 bits per heavy atom. The van der Waals surface area contributed by atoms with Gasteiger partial charge in [-0.1, -0.05) is 43.3 Å². The van der Waals surface area contributed by atoms with Gasteiger partial charge in [0.05, 0.1) is 26.7 Å². The monoisotopic (exact) mass is 362 g/mol. The smallest absolute Gasteiger partial charge is 0.248 e. The summed E-state index contributed by atoms with van der Waals surface area (Å²) >= 11 is 0. The molecule has 0 amide bonds. The van der Waals surface area contributed by atoms with E-state index in [-0.39, 0.29) is 18.3 Å². The van der Waals surface area contributed by atoms with E-state index < -0.39 is 0 Å². The molecule has 4 nitrogen and oxygen atoms in total. The predicted molar refractivity (Wildman–Crippen MR) is 97.7 cm³/mol. The highest BCUT2D eigenvalue weighted by molar-refractivity contribution is 5.82. The number of hydrogen-bond donors (Lipinski definition) is 2. The Kier molecular flexibility index (Phi) is 8.86. The normalized spacial score (nSPS) is 12.2. The third-order valence-corrected chi connectivity index (χ3v) is 4.18. The van der Waals surface area contributed by atoms with E-state index in [9.17, 15) is 0 Å². The average Bonchev–Trinajstić information content (AvgIpc) is 2.63. The SMILES string of the molecule is CCC(C(N)=[NH+]CCc1ccc(OC)c(OC)c1)c1ccccc1.[Cl-]. The molecule has 0 saturated carbocycles. The summed E-state index contributed by atoms with van der Waals surface area (Å²) in [6.45, 7) is 2.94. The van der Waals surface area contributed by atoms with Crippen molar-refractivity contribution in [3.8, 4) is 11.5 Å². The molecule has 0 radical (unpaired) electrons. The molecule has 0 fully saturated rings. The van der Waals surface area contributed by atoms with Crippen LogP contribution in [0.3, 0.4) is 0 Å². The summed E-state index contributed by atoms with van der Waals surface area (Å²) in [5, 5.41) is 0. The number of nitrogens with one attached hydrogen (secondary N) is 1. The second-order valence-electron chi connectivity index (χ2n) is 5.69. The van der Waals surface area contributed by atoms with E-state index in [1.54, 1.807) is 14.2 Å². The quantitative estimate of drug-likeness (QED) is 0.462. The molecule has 0 aliphatic rings. The van der Waals surface area contributed by atoms with Gasteiger partial charge in [-0.15, -0.1) is 0 Å². The Bertz CT molecular complexity index is 675. The van der Waals surface area contributed by atoms with Gasteiger partial charge in [-0.05, 0) is 29.7 Å². The van der Waals surface area contributed by atoms with Gasteiger partial charge in [0.1, 0.15) is 0 Å². The number of rotatable bonds is 8. The number of ether oxygens (including phenoxy) is 2. The maximum atomic E-state index is 6.29. The summed E-state index contributed by atoms with van der Waals surface area (Å²) in [5.74, 6) is 2.55. The summed E-state index contributed by atoms with van der Waals surface area (Å²) < 4.78 is 10.6. The van der Waals surface area contributed by atoms with Crippen molar-refractivity contribution in [1.29, 1.82) is 0 Å². The number of benzene rings is 2. The lowest BCUT2D eigenvalue weighted by Crippen LogP contribution is -3.00. The first kappa shape index (κ1) is 20.8. The van der Waals surface area contributed by atoms with Crippen LogP contribution in [0.5, 0.6) is 11.5 Å². The molecule has 0 saturated heterocycles. The topological polar surface area (TPSA) is 58.5 Å². The van der Waals surface area contributed by atoms with Crippen molar-refractivity contribution in [3.05, 3.63) is 59.7 Å². The molecular formula is C20H27ClN2O2. The summed E-state index contributed by atoms with van der Waals surface area (Å²) in [4.78, 5) is 3.37. The molecule has 0 heterocycles. The summed E-state index contributed by atoms with van der Waals surface area (Å²) in [6.07, 6.45) is 1.84. The van der Waals surface area contributed by atoms with Gasteiger partial charge < -0.3 is 21.9 Å². The predicted octanol–water partition coefficient (Wildman–Crippen LogP) is -1.12. The standard InChI is InChI=1S/C20H26N2O2.ClH/c1-4-17(16-8-6-5-7-9-16)20(21)22-13-12-15-10-11-18(23-2)19(14-15)24-3;/h5-11,14,17H,4,12-13H2,1-3H3,(H2,21,22);1H. The fraction of sp³-hybridized carbons (Fsp3) is 0.350. The first-order chi connectivity index (χ1) is 11.7. The molecule has 3 N–H and O–H groups in total. The fourth-order valence-corrected chi connectivity index (χ4v) is 2.83. The van der Waals surface area contributed by atoms with Crippen LogP contribution in [0.15, 0.2) is 48.5 Å². The van der Waals surface area contributed by atoms with Crippen molar-refractivity contribution < 1.29 is 26.9 Å². The Balaban J connectivity index is 0.00000312. The number of methoxy groups -OCH3 is 2. The minimum Gasteiger partial charge on any atom is -1.00 e. The van der Waals surface area contributed by atoms with Crippen LogP contribution in [0.2, 0.25) is 0 Å². The van der Waals surface area contributed by atoms with E-state index in [1.807, 2.05) is 24.3 Å². The first-order valence-electron chi connectivity index (χ1n) is 8.31. The summed E-state index contributed by atoms with van der Waals surface area (Å²) in [5.41, 5.74) is 8.71. The van der Waals surface area contributed by atoms with Crippen molar-refractivity contribution in [2.45, 2.75) is 25.7 Å². The van der Waals surface area contributed by atoms with Crippen LogP contribution < -0.4 is 32.6 Å². The van der Waals surface area contributed by atoms with Crippen molar-refractivity contribution in [1.82, 2.24) is 0 Å². The van der Waals surface area contributed by atoms with Gasteiger partial charge in [-0.2, -0.15) is 0 Å². The van der Waals surface area contributed by atoms with Gasteiger partial charge in [-0.25, -0.2) is 0 Å². The number of halogens is 1. The van der Waals surface area contributed by atoms with E-state index in [4.69, 9.17) is 15.2 Å². The number of nitrogens with two attached hydrogens (primary N) is 1. The third kappa shape index (κ3) is 5.68. The Labute approximate surface area is 156 Å². The third-order valence-electron chi connectivity index (χ3n) is 4.18. The Morgan fingerprint density at radius 1 is 1.04 bits per heavy atom. The van der Waals surface area contributed by atoms with Crippen LogP contribution in [0.4, 0.5) is 0 Å². The van der Waals surface area contributed by atoms with Crippen LogP contribution in [0.25, 0.3) is 0 Å². The maximum Gasteiger partial charge on any atom is 0.248 e. The van der Waals surface area contributed by atoms with Crippen LogP contribution >= 0.6 is 0 Å². The summed E-state index contributed by atoms with van der Waals surface area (Å²) in [7, 11) is 3.29. The second kappa shape index (κ2) is 10.6. The Morgan fingerprint density at radius 2 is 1.72 bits per heavy atom. The van der Waals surface area contributed by atoms with Gasteiger partial charge in [0.25, 0.3) is 0 Å². The lowest BCUT2D eigenvalue weighted by molar-refractivity contribution is -0.459. The van der Waals surface area contributed by atoms with Crippen LogP contribution in [-0.4, -0.2) is 26.6 Å². The highest BCUT2D eigenvalue weighted by Gasteiger charge is 2.17. The minimum absolute atomic E-state index is 0. The molecule has 5 heteroatoms. The minimum atomic E-state index is 0. The van der Waals surface area contributed by atoms with Gasteiger partial charge in [0, 0.05) is 6.42 Å². The molecule has 25 heavy (non-hydrogen) atoms. The number of hydrogen-bond acceptors (Lipinski definition) is 2. The average molecular weight is 363 g/mol. The van der Waals surface area contributed by atoms with Crippen molar-refractivity contribution >= 4 is 5.84 Å². The molecule has 1 atom stereocenters. The Hall–Kier alpha value is -2.20. The number of amidine groups is 1. The molecule has 0 aliphatic heterocycles. The summed E-state index contributed by atoms with van der Waals surface area (Å²) in [6, 6.07) is 16.4. The van der Waals surface area contributed by atoms with Gasteiger partial charge >= 0.3 is 0 Å². The molecular weight excluding hydrogens is 336 g/mol. The van der Waals surface area contributed by atoms with Gasteiger partial charge in [0.2, 0.25) is 5.84 Å². The zero-order chi connectivity index (χ0) is 17.4. The van der Waals surface area contributed by atoms with Gasteiger partial charge in [0.15, 0.2) is 11.5 Å². The molecule has 0 bridgehead atoms. The van der Waals surface area contributed by atoms with Crippen LogP contribution in [0.1, 0.15) is 30.4 Å². The lowest BCUT2D eigenvalue weighted by Gasteiger charge is -2.11. The van der Waals surface area contributed by atoms with E-state index in [1.165, 1.54) is 11.1 Å². The molecule has 0 spiro atoms. The molecule has 0 aromatic heterocycles. The maximum absolute atomic E-state index is 6.29. The fourth-order valence-electron chi connectivity index (χ4n) is 2.83. The first-order valence-corrected chi connectivity index (χ1v) is 8.31. The molecule has 2 aromatic rings. The molecule has 136 valence electrons. The largest absolute Gasteiger partial charge is 1.00 e. The molecule has 0 aliphatic carbocycles. The van der Waals surface area contributed by atoms with Crippen LogP contribution in [0, 0.1) is 0 Å². The van der Waals surface area contributed by atoms with Gasteiger partial charge in [-0.3, -0.25) is 10.7 Å². The second-order valence-corrected chi connectivity index (χ2v) is 5.69. The highest BCUT2D eigenvalue weighted by atomic mass is 35.5. The van der Waals surface area contributed by atoms with E-state index in [0.29, 0.717) is 0 Å². The van der Waals surface area contributed by atoms with Crippen molar-refractivity contribution in [3.63, 3.8) is 0 Å². The zero-order valence-electron chi connectivity index (χ0n) is 15.1. The van der Waals surface area contributed by atoms with Crippen molar-refractivity contribution in [2.24, 2.45) is 5.73 Å². The van der Waals surface area contributed by atoms with Crippen molar-refractivity contribution in [2.75, 3.05) is 20.8 Å². The van der Waals surface area contributed by atoms with E-state index in [0.717, 1.165) is 36.7 Å². The lowest BCUT2D eigenvalue weighted by atomic mass is 9.95. The highest BCUT2D eigenvalue weighted by Crippen LogP contribution is 2.27. The van der Waals surface area contributed by atoms with Crippen LogP contribution in [-0.2, 0) is 6.42 Å². The zero-order valence-corrected chi connectivity index (χ0v) is 15.8. The molecule has 2 rings (SSSR count).